The van der Waals surface area contributed by atoms with Gasteiger partial charge in [0.25, 0.3) is 0 Å². The minimum Gasteiger partial charge on any atom is -0.280 e. The molecule has 0 N–H and O–H groups in total. The lowest BCUT2D eigenvalue weighted by molar-refractivity contribution is -0.109. The van der Waals surface area contributed by atoms with Crippen LogP contribution in [0.3, 0.4) is 0 Å². The summed E-state index contributed by atoms with van der Waals surface area (Å²) >= 11 is 6.56. The molecule has 1 aromatic rings. The van der Waals surface area contributed by atoms with Crippen molar-refractivity contribution in [2.24, 2.45) is 0 Å². The van der Waals surface area contributed by atoms with Crippen LogP contribution in [0.5, 0.6) is 0 Å². The van der Waals surface area contributed by atoms with Gasteiger partial charge in [-0.15, -0.1) is 11.8 Å². The minimum absolute atomic E-state index is 0.311. The van der Waals surface area contributed by atoms with Crippen LogP contribution in [0.4, 0.5) is 0 Å². The number of carbonyl (C=O) groups excluding carboxylic acids is 1. The lowest BCUT2D eigenvalue weighted by atomic mass is 10.5. The van der Waals surface area contributed by atoms with E-state index in [-0.39, 0.29) is 5.24 Å². The molecule has 0 fully saturated rings. The summed E-state index contributed by atoms with van der Waals surface area (Å²) in [5, 5.41) is -0.327. The maximum atomic E-state index is 10.3. The van der Waals surface area contributed by atoms with Crippen LogP contribution < -0.4 is 0 Å². The zero-order valence-corrected chi connectivity index (χ0v) is 7.23. The van der Waals surface area contributed by atoms with Crippen molar-refractivity contribution in [3.63, 3.8) is 0 Å². The van der Waals surface area contributed by atoms with Gasteiger partial charge in [-0.2, -0.15) is 0 Å². The van der Waals surface area contributed by atoms with Crippen LogP contribution in [-0.2, 0) is 4.79 Å². The Morgan fingerprint density at radius 2 is 2.18 bits per heavy atom. The lowest BCUT2D eigenvalue weighted by Gasteiger charge is -1.94. The van der Waals surface area contributed by atoms with E-state index < -0.39 is 0 Å². The third kappa shape index (κ3) is 3.39. The maximum Gasteiger partial charge on any atom is 0.231 e. The van der Waals surface area contributed by atoms with Crippen molar-refractivity contribution < 1.29 is 4.79 Å². The first kappa shape index (κ1) is 8.56. The average molecular weight is 188 g/mol. The highest BCUT2D eigenvalue weighted by molar-refractivity contribution is 8.00. The summed E-state index contributed by atoms with van der Waals surface area (Å²) in [6, 6.07) is 3.68. The Hall–Kier alpha value is -0.540. The number of aromatic nitrogens is 1. The molecular weight excluding hydrogens is 182 g/mol. The Balaban J connectivity index is 2.45. The van der Waals surface area contributed by atoms with Crippen LogP contribution >= 0.6 is 23.4 Å². The van der Waals surface area contributed by atoms with Gasteiger partial charge in [0.1, 0.15) is 0 Å². The number of thioether (sulfide) groups is 1. The smallest absolute Gasteiger partial charge is 0.231 e. The van der Waals surface area contributed by atoms with E-state index >= 15 is 0 Å². The molecule has 11 heavy (non-hydrogen) atoms. The monoisotopic (exact) mass is 187 g/mol. The van der Waals surface area contributed by atoms with E-state index in [1.54, 1.807) is 12.4 Å². The fraction of sp³-hybridized carbons (Fsp3) is 0.143. The van der Waals surface area contributed by atoms with Crippen LogP contribution in [0.2, 0.25) is 0 Å². The number of pyridine rings is 1. The van der Waals surface area contributed by atoms with E-state index in [2.05, 4.69) is 4.98 Å². The Labute approximate surface area is 74.0 Å². The fourth-order valence-corrected chi connectivity index (χ4v) is 1.33. The van der Waals surface area contributed by atoms with E-state index in [9.17, 15) is 4.79 Å². The molecule has 0 aliphatic heterocycles. The minimum atomic E-state index is -0.327. The van der Waals surface area contributed by atoms with Gasteiger partial charge in [-0.05, 0) is 23.7 Å². The van der Waals surface area contributed by atoms with Crippen LogP contribution in [0.25, 0.3) is 0 Å². The van der Waals surface area contributed by atoms with Crippen LogP contribution in [0, 0.1) is 0 Å². The lowest BCUT2D eigenvalue weighted by Crippen LogP contribution is -1.88. The third-order valence-corrected chi connectivity index (χ3v) is 2.31. The maximum absolute atomic E-state index is 10.3. The summed E-state index contributed by atoms with van der Waals surface area (Å²) in [5.74, 6) is 0.311. The topological polar surface area (TPSA) is 30.0 Å². The summed E-state index contributed by atoms with van der Waals surface area (Å²) in [6.07, 6.45) is 3.36. The molecule has 58 valence electrons. The van der Waals surface area contributed by atoms with Crippen molar-refractivity contribution in [1.29, 1.82) is 0 Å². The SMILES string of the molecule is O=C(Cl)CSc1ccncc1. The number of carbonyl (C=O) groups is 1. The van der Waals surface area contributed by atoms with Gasteiger partial charge in [0.05, 0.1) is 5.75 Å². The van der Waals surface area contributed by atoms with Crippen molar-refractivity contribution in [3.8, 4) is 0 Å². The summed E-state index contributed by atoms with van der Waals surface area (Å²) in [4.78, 5) is 15.2. The molecule has 1 heterocycles. The summed E-state index contributed by atoms with van der Waals surface area (Å²) in [5.41, 5.74) is 0. The number of halogens is 1. The molecule has 2 nitrogen and oxygen atoms in total. The van der Waals surface area contributed by atoms with Gasteiger partial charge in [-0.1, -0.05) is 0 Å². The van der Waals surface area contributed by atoms with E-state index in [1.807, 2.05) is 12.1 Å². The predicted molar refractivity (Wildman–Crippen MR) is 45.8 cm³/mol. The van der Waals surface area contributed by atoms with Gasteiger partial charge in [-0.25, -0.2) is 0 Å². The number of rotatable bonds is 3. The molecular formula is C7H6ClNOS. The molecule has 0 unspecified atom stereocenters. The third-order valence-electron chi connectivity index (χ3n) is 1.00. The first-order valence-corrected chi connectivity index (χ1v) is 4.36. The predicted octanol–water partition coefficient (Wildman–Crippen LogP) is 1.94. The molecule has 0 aromatic carbocycles. The second-order valence-corrected chi connectivity index (χ2v) is 3.30. The first-order chi connectivity index (χ1) is 5.29. The van der Waals surface area contributed by atoms with Gasteiger partial charge >= 0.3 is 0 Å². The van der Waals surface area contributed by atoms with Gasteiger partial charge in [-0.3, -0.25) is 9.78 Å². The molecule has 0 amide bonds. The van der Waals surface area contributed by atoms with Gasteiger partial charge in [0, 0.05) is 17.3 Å². The Morgan fingerprint density at radius 1 is 1.55 bits per heavy atom. The summed E-state index contributed by atoms with van der Waals surface area (Å²) in [6.45, 7) is 0. The van der Waals surface area contributed by atoms with Crippen molar-refractivity contribution in [2.75, 3.05) is 5.75 Å². The normalized spacial score (nSPS) is 9.55. The molecule has 0 spiro atoms. The highest BCUT2D eigenvalue weighted by atomic mass is 35.5. The number of hydrogen-bond donors (Lipinski definition) is 0. The molecule has 0 saturated carbocycles. The Kier molecular flexibility index (Phi) is 3.39. The highest BCUT2D eigenvalue weighted by Gasteiger charge is 1.96. The van der Waals surface area contributed by atoms with Gasteiger partial charge < -0.3 is 0 Å². The summed E-state index contributed by atoms with van der Waals surface area (Å²) in [7, 11) is 0. The Bertz CT molecular complexity index is 239. The van der Waals surface area contributed by atoms with E-state index in [1.165, 1.54) is 11.8 Å². The quantitative estimate of drug-likeness (QED) is 0.535. The van der Waals surface area contributed by atoms with Crippen molar-refractivity contribution in [2.45, 2.75) is 4.90 Å². The molecule has 0 radical (unpaired) electrons. The van der Waals surface area contributed by atoms with Gasteiger partial charge in [0.2, 0.25) is 5.24 Å². The van der Waals surface area contributed by atoms with Crippen LogP contribution in [0.1, 0.15) is 0 Å². The first-order valence-electron chi connectivity index (χ1n) is 3.00. The standard InChI is InChI=1S/C7H6ClNOS/c8-7(10)5-11-6-1-3-9-4-2-6/h1-4H,5H2. The zero-order chi connectivity index (χ0) is 8.10. The second-order valence-electron chi connectivity index (χ2n) is 1.83. The second kappa shape index (κ2) is 4.36. The molecule has 1 aromatic heterocycles. The average Bonchev–Trinajstić information content (AvgIpc) is 2.03. The molecule has 0 atom stereocenters. The largest absolute Gasteiger partial charge is 0.280 e. The zero-order valence-electron chi connectivity index (χ0n) is 5.66. The number of hydrogen-bond acceptors (Lipinski definition) is 3. The highest BCUT2D eigenvalue weighted by Crippen LogP contribution is 2.16. The van der Waals surface area contributed by atoms with Crippen LogP contribution in [-0.4, -0.2) is 16.0 Å². The van der Waals surface area contributed by atoms with E-state index in [0.29, 0.717) is 5.75 Å². The molecule has 0 bridgehead atoms. The van der Waals surface area contributed by atoms with Crippen molar-refractivity contribution in [3.05, 3.63) is 24.5 Å². The Morgan fingerprint density at radius 3 is 2.73 bits per heavy atom. The molecule has 4 heteroatoms. The summed E-state index contributed by atoms with van der Waals surface area (Å²) < 4.78 is 0. The van der Waals surface area contributed by atoms with Gasteiger partial charge in [0.15, 0.2) is 0 Å². The van der Waals surface area contributed by atoms with E-state index in [0.717, 1.165) is 4.90 Å². The van der Waals surface area contributed by atoms with Crippen molar-refractivity contribution in [1.82, 2.24) is 4.98 Å². The van der Waals surface area contributed by atoms with E-state index in [4.69, 9.17) is 11.6 Å². The van der Waals surface area contributed by atoms with Crippen LogP contribution in [0.15, 0.2) is 29.4 Å². The fourth-order valence-electron chi connectivity index (χ4n) is 0.575. The van der Waals surface area contributed by atoms with Crippen molar-refractivity contribution >= 4 is 28.6 Å². The molecule has 0 saturated heterocycles. The molecule has 0 aliphatic rings. The molecule has 0 aliphatic carbocycles. The number of nitrogens with zero attached hydrogens (tertiary/aromatic N) is 1. The molecule has 1 rings (SSSR count).